The molecule has 1 aliphatic heterocycles. The van der Waals surface area contributed by atoms with Crippen molar-refractivity contribution in [3.8, 4) is 0 Å². The summed E-state index contributed by atoms with van der Waals surface area (Å²) in [5.41, 5.74) is 4.27. The second-order valence-corrected chi connectivity index (χ2v) is 8.26. The van der Waals surface area contributed by atoms with E-state index >= 15 is 0 Å². The number of allylic oxidation sites excluding steroid dienone is 2. The molecule has 0 atom stereocenters. The number of hydrogen-bond acceptors (Lipinski definition) is 3. The van der Waals surface area contributed by atoms with Crippen molar-refractivity contribution in [1.82, 2.24) is 0 Å². The normalized spacial score (nSPS) is 16.4. The van der Waals surface area contributed by atoms with Crippen LogP contribution in [-0.4, -0.2) is 10.2 Å². The Kier molecular flexibility index (Phi) is 6.64. The van der Waals surface area contributed by atoms with Crippen LogP contribution in [0.4, 0.5) is 5.69 Å². The van der Waals surface area contributed by atoms with Crippen LogP contribution in [0, 0.1) is 0 Å². The summed E-state index contributed by atoms with van der Waals surface area (Å²) in [5, 5.41) is 0. The Hall–Kier alpha value is -2.17. The summed E-state index contributed by atoms with van der Waals surface area (Å²) in [6.07, 6.45) is 7.41. The third kappa shape index (κ3) is 4.96. The van der Waals surface area contributed by atoms with Crippen molar-refractivity contribution in [2.45, 2.75) is 33.1 Å². The average molecular weight is 394 g/mol. The topological polar surface area (TPSA) is 20.3 Å². The van der Waals surface area contributed by atoms with Gasteiger partial charge in [0, 0.05) is 0 Å². The van der Waals surface area contributed by atoms with Crippen LogP contribution < -0.4 is 4.90 Å². The minimum atomic E-state index is -0.0490. The molecule has 0 N–H and O–H groups in total. The van der Waals surface area contributed by atoms with Crippen molar-refractivity contribution in [3.05, 3.63) is 82.3 Å². The lowest BCUT2D eigenvalue weighted by Gasteiger charge is -2.15. The van der Waals surface area contributed by atoms with Crippen LogP contribution in [0.1, 0.15) is 37.8 Å². The number of amides is 1. The van der Waals surface area contributed by atoms with E-state index in [0.717, 1.165) is 23.2 Å². The zero-order valence-electron chi connectivity index (χ0n) is 15.6. The van der Waals surface area contributed by atoms with Crippen molar-refractivity contribution in [3.63, 3.8) is 0 Å². The lowest BCUT2D eigenvalue weighted by atomic mass is 10.1. The van der Waals surface area contributed by atoms with E-state index in [2.05, 4.69) is 25.1 Å². The van der Waals surface area contributed by atoms with E-state index < -0.39 is 0 Å². The van der Waals surface area contributed by atoms with Crippen LogP contribution in [0.2, 0.25) is 0 Å². The summed E-state index contributed by atoms with van der Waals surface area (Å²) >= 11 is 6.83. The maximum atomic E-state index is 12.9. The molecule has 27 heavy (non-hydrogen) atoms. The first-order chi connectivity index (χ1) is 13.1. The molecule has 0 aromatic heterocycles. The van der Waals surface area contributed by atoms with Crippen molar-refractivity contribution in [2.75, 3.05) is 4.90 Å². The van der Waals surface area contributed by atoms with Crippen molar-refractivity contribution in [2.24, 2.45) is 0 Å². The van der Waals surface area contributed by atoms with Gasteiger partial charge in [0.2, 0.25) is 0 Å². The van der Waals surface area contributed by atoms with Crippen molar-refractivity contribution >= 4 is 46.0 Å². The van der Waals surface area contributed by atoms with Crippen molar-refractivity contribution in [1.29, 1.82) is 0 Å². The van der Waals surface area contributed by atoms with E-state index in [9.17, 15) is 4.79 Å². The number of benzene rings is 2. The van der Waals surface area contributed by atoms with Gasteiger partial charge >= 0.3 is 0 Å². The SMILES string of the molecule is CCCCc1ccc(N2C(=O)C(=CC(C)=Cc3ccccc3)SC2=S)cc1. The number of rotatable bonds is 6. The third-order valence-electron chi connectivity index (χ3n) is 4.36. The molecule has 138 valence electrons. The minimum absolute atomic E-state index is 0.0490. The van der Waals surface area contributed by atoms with Gasteiger partial charge in [-0.2, -0.15) is 0 Å². The lowest BCUT2D eigenvalue weighted by Crippen LogP contribution is -2.27. The maximum absolute atomic E-state index is 12.9. The van der Waals surface area contributed by atoms with Gasteiger partial charge in [-0.05, 0) is 54.7 Å². The summed E-state index contributed by atoms with van der Waals surface area (Å²) in [6.45, 7) is 4.19. The van der Waals surface area contributed by atoms with E-state index in [1.165, 1.54) is 30.2 Å². The molecule has 0 bridgehead atoms. The van der Waals surface area contributed by atoms with Crippen LogP contribution in [0.25, 0.3) is 6.08 Å². The number of carbonyl (C=O) groups is 1. The van der Waals surface area contributed by atoms with Crippen LogP contribution >= 0.6 is 24.0 Å². The van der Waals surface area contributed by atoms with Crippen LogP contribution in [-0.2, 0) is 11.2 Å². The Bertz CT molecular complexity index is 882. The molecule has 0 aliphatic carbocycles. The summed E-state index contributed by atoms with van der Waals surface area (Å²) < 4.78 is 0.583. The molecule has 1 heterocycles. The second-order valence-electron chi connectivity index (χ2n) is 6.59. The summed E-state index contributed by atoms with van der Waals surface area (Å²) in [4.78, 5) is 15.2. The molecule has 2 aromatic carbocycles. The van der Waals surface area contributed by atoms with Gasteiger partial charge in [0.05, 0.1) is 10.6 Å². The third-order valence-corrected chi connectivity index (χ3v) is 5.66. The van der Waals surface area contributed by atoms with Gasteiger partial charge in [-0.25, -0.2) is 0 Å². The molecule has 3 rings (SSSR count). The Morgan fingerprint density at radius 1 is 1.11 bits per heavy atom. The first-order valence-corrected chi connectivity index (χ1v) is 10.4. The highest BCUT2D eigenvalue weighted by atomic mass is 32.2. The number of carbonyl (C=O) groups excluding carboxylic acids is 1. The predicted molar refractivity (Wildman–Crippen MR) is 121 cm³/mol. The molecule has 2 nitrogen and oxygen atoms in total. The quantitative estimate of drug-likeness (QED) is 0.419. The monoisotopic (exact) mass is 393 g/mol. The van der Waals surface area contributed by atoms with E-state index in [0.29, 0.717) is 9.23 Å². The molecule has 0 unspecified atom stereocenters. The van der Waals surface area contributed by atoms with E-state index in [1.54, 1.807) is 4.90 Å². The molecule has 1 amide bonds. The van der Waals surface area contributed by atoms with Gasteiger partial charge < -0.3 is 0 Å². The number of thioether (sulfide) groups is 1. The smallest absolute Gasteiger partial charge is 0.268 e. The molecule has 1 aliphatic rings. The Balaban J connectivity index is 1.77. The number of hydrogen-bond donors (Lipinski definition) is 0. The number of anilines is 1. The maximum Gasteiger partial charge on any atom is 0.270 e. The Labute approximate surface area is 171 Å². The largest absolute Gasteiger partial charge is 0.270 e. The van der Waals surface area contributed by atoms with Gasteiger partial charge in [-0.3, -0.25) is 9.69 Å². The summed E-state index contributed by atoms with van der Waals surface area (Å²) in [6, 6.07) is 18.3. The van der Waals surface area contributed by atoms with E-state index in [4.69, 9.17) is 12.2 Å². The predicted octanol–water partition coefficient (Wildman–Crippen LogP) is 6.38. The molecule has 1 fully saturated rings. The van der Waals surface area contributed by atoms with Gasteiger partial charge in [-0.15, -0.1) is 0 Å². The van der Waals surface area contributed by atoms with Crippen LogP contribution in [0.15, 0.2) is 71.2 Å². The molecule has 2 aromatic rings. The highest BCUT2D eigenvalue weighted by Crippen LogP contribution is 2.35. The molecule has 0 radical (unpaired) electrons. The standard InChI is InChI=1S/C23H23NOS2/c1-3-4-8-18-11-13-20(14-12-18)24-22(25)21(27-23(24)26)16-17(2)15-19-9-6-5-7-10-19/h5-7,9-16H,3-4,8H2,1-2H3. The number of thiocarbonyl (C=S) groups is 1. The second kappa shape index (κ2) is 9.16. The fourth-order valence-electron chi connectivity index (χ4n) is 2.94. The van der Waals surface area contributed by atoms with Gasteiger partial charge in [-0.1, -0.05) is 85.9 Å². The molecule has 0 spiro atoms. The average Bonchev–Trinajstić information content (AvgIpc) is 2.94. The Morgan fingerprint density at radius 2 is 1.81 bits per heavy atom. The summed E-state index contributed by atoms with van der Waals surface area (Å²) in [5.74, 6) is -0.0490. The molecular formula is C23H23NOS2. The lowest BCUT2D eigenvalue weighted by molar-refractivity contribution is -0.113. The molecule has 4 heteroatoms. The van der Waals surface area contributed by atoms with Gasteiger partial charge in [0.1, 0.15) is 0 Å². The first kappa shape index (κ1) is 19.6. The molecule has 1 saturated heterocycles. The molecular weight excluding hydrogens is 370 g/mol. The van der Waals surface area contributed by atoms with Gasteiger partial charge in [0.25, 0.3) is 5.91 Å². The fraction of sp³-hybridized carbons (Fsp3) is 0.217. The minimum Gasteiger partial charge on any atom is -0.268 e. The zero-order chi connectivity index (χ0) is 19.2. The Morgan fingerprint density at radius 3 is 2.48 bits per heavy atom. The van der Waals surface area contributed by atoms with E-state index in [1.807, 2.05) is 55.5 Å². The summed E-state index contributed by atoms with van der Waals surface area (Å²) in [7, 11) is 0. The first-order valence-electron chi connectivity index (χ1n) is 9.18. The molecule has 0 saturated carbocycles. The van der Waals surface area contributed by atoms with Crippen molar-refractivity contribution < 1.29 is 4.79 Å². The van der Waals surface area contributed by atoms with Crippen LogP contribution in [0.5, 0.6) is 0 Å². The highest BCUT2D eigenvalue weighted by Gasteiger charge is 2.33. The zero-order valence-corrected chi connectivity index (χ0v) is 17.3. The number of unbranched alkanes of at least 4 members (excludes halogenated alkanes) is 1. The number of nitrogens with zero attached hydrogens (tertiary/aromatic N) is 1. The fourth-order valence-corrected chi connectivity index (χ4v) is 4.29. The van der Waals surface area contributed by atoms with E-state index in [-0.39, 0.29) is 5.91 Å². The highest BCUT2D eigenvalue weighted by molar-refractivity contribution is 8.27. The van der Waals surface area contributed by atoms with Crippen LogP contribution in [0.3, 0.4) is 0 Å². The number of aryl methyl sites for hydroxylation is 1. The van der Waals surface area contributed by atoms with Gasteiger partial charge in [0.15, 0.2) is 4.32 Å².